The summed E-state index contributed by atoms with van der Waals surface area (Å²) >= 11 is 4.91. The van der Waals surface area contributed by atoms with Crippen molar-refractivity contribution in [2.45, 2.75) is 30.1 Å². The lowest BCUT2D eigenvalue weighted by molar-refractivity contribution is -0.119. The molecule has 2 N–H and O–H groups in total. The number of thioether (sulfide) groups is 1. The highest BCUT2D eigenvalue weighted by Gasteiger charge is 2.25. The summed E-state index contributed by atoms with van der Waals surface area (Å²) < 4.78 is 26.6. The molecule has 3 rings (SSSR count). The van der Waals surface area contributed by atoms with Crippen molar-refractivity contribution < 1.29 is 18.0 Å². The number of amides is 2. The highest BCUT2D eigenvalue weighted by Crippen LogP contribution is 2.33. The first kappa shape index (κ1) is 21.9. The van der Waals surface area contributed by atoms with E-state index in [-0.39, 0.29) is 22.5 Å². The second kappa shape index (κ2) is 8.89. The number of sulfone groups is 1. The zero-order chi connectivity index (χ0) is 21.2. The summed E-state index contributed by atoms with van der Waals surface area (Å²) in [5.41, 5.74) is 2.08. The van der Waals surface area contributed by atoms with Crippen LogP contribution >= 0.6 is 27.7 Å². The van der Waals surface area contributed by atoms with Gasteiger partial charge in [-0.2, -0.15) is 0 Å². The number of hydrogen-bond donors (Lipinski definition) is 2. The van der Waals surface area contributed by atoms with E-state index in [4.69, 9.17) is 0 Å². The van der Waals surface area contributed by atoms with Gasteiger partial charge in [-0.15, -0.1) is 11.8 Å². The number of hydrogen-bond acceptors (Lipinski definition) is 5. The van der Waals surface area contributed by atoms with Crippen LogP contribution in [-0.2, 0) is 19.4 Å². The van der Waals surface area contributed by atoms with Crippen molar-refractivity contribution in [1.29, 1.82) is 0 Å². The van der Waals surface area contributed by atoms with E-state index in [0.29, 0.717) is 23.5 Å². The van der Waals surface area contributed by atoms with E-state index in [2.05, 4.69) is 26.6 Å². The summed E-state index contributed by atoms with van der Waals surface area (Å²) in [5, 5.41) is 5.51. The first-order valence-corrected chi connectivity index (χ1v) is 12.5. The largest absolute Gasteiger partial charge is 0.326 e. The quantitative estimate of drug-likeness (QED) is 0.645. The molecule has 1 atom stereocenters. The number of nitrogens with one attached hydrogen (secondary N) is 2. The van der Waals surface area contributed by atoms with Crippen LogP contribution in [0.2, 0.25) is 0 Å². The number of fused-ring (bicyclic) bond motifs is 1. The maximum absolute atomic E-state index is 12.8. The zero-order valence-corrected chi connectivity index (χ0v) is 19.2. The number of carbonyl (C=O) groups excluding carboxylic acids is 2. The molecule has 0 aliphatic carbocycles. The van der Waals surface area contributed by atoms with Gasteiger partial charge < -0.3 is 10.6 Å². The third-order valence-electron chi connectivity index (χ3n) is 4.51. The number of rotatable bonds is 5. The molecule has 2 aromatic rings. The predicted octanol–water partition coefficient (Wildman–Crippen LogP) is 4.24. The summed E-state index contributed by atoms with van der Waals surface area (Å²) in [4.78, 5) is 25.2. The van der Waals surface area contributed by atoms with Gasteiger partial charge >= 0.3 is 0 Å². The van der Waals surface area contributed by atoms with E-state index >= 15 is 0 Å². The van der Waals surface area contributed by atoms with E-state index in [1.54, 1.807) is 19.1 Å². The van der Waals surface area contributed by atoms with E-state index in [1.807, 2.05) is 19.1 Å². The fourth-order valence-electron chi connectivity index (χ4n) is 2.88. The number of carbonyl (C=O) groups is 2. The third kappa shape index (κ3) is 5.40. The van der Waals surface area contributed by atoms with Crippen molar-refractivity contribution in [2.75, 3.05) is 22.1 Å². The van der Waals surface area contributed by atoms with Gasteiger partial charge in [0.25, 0.3) is 0 Å². The molecule has 0 fully saturated rings. The second-order valence-corrected chi connectivity index (χ2v) is 11.0. The molecule has 29 heavy (non-hydrogen) atoms. The van der Waals surface area contributed by atoms with E-state index < -0.39 is 15.8 Å². The first-order chi connectivity index (χ1) is 13.7. The van der Waals surface area contributed by atoms with Gasteiger partial charge in [0.1, 0.15) is 0 Å². The van der Waals surface area contributed by atoms with Crippen molar-refractivity contribution >= 4 is 60.7 Å². The van der Waals surface area contributed by atoms with Crippen LogP contribution in [0.25, 0.3) is 0 Å². The van der Waals surface area contributed by atoms with Gasteiger partial charge in [0.05, 0.1) is 16.3 Å². The molecule has 0 aromatic heterocycles. The van der Waals surface area contributed by atoms with Crippen LogP contribution < -0.4 is 10.6 Å². The van der Waals surface area contributed by atoms with Crippen LogP contribution in [0.15, 0.2) is 50.7 Å². The fourth-order valence-corrected chi connectivity index (χ4v) is 5.64. The molecule has 2 amide bonds. The van der Waals surface area contributed by atoms with Crippen molar-refractivity contribution in [3.8, 4) is 0 Å². The average molecular weight is 497 g/mol. The summed E-state index contributed by atoms with van der Waals surface area (Å²) in [5.74, 6) is -0.921. The summed E-state index contributed by atoms with van der Waals surface area (Å²) in [6.07, 6.45) is 0.383. The number of anilines is 2. The lowest BCUT2D eigenvalue weighted by Gasteiger charge is -2.14. The number of halogens is 1. The van der Waals surface area contributed by atoms with Crippen molar-refractivity contribution in [2.24, 2.45) is 5.92 Å². The van der Waals surface area contributed by atoms with E-state index in [1.165, 1.54) is 23.9 Å². The molecule has 0 saturated carbocycles. The monoisotopic (exact) mass is 496 g/mol. The molecule has 0 saturated heterocycles. The van der Waals surface area contributed by atoms with Crippen LogP contribution in [0.5, 0.6) is 0 Å². The van der Waals surface area contributed by atoms with Crippen LogP contribution in [0.1, 0.15) is 18.9 Å². The van der Waals surface area contributed by atoms with Crippen molar-refractivity contribution in [3.05, 3.63) is 46.4 Å². The smallest absolute Gasteiger partial charge is 0.228 e. The Morgan fingerprint density at radius 3 is 2.76 bits per heavy atom. The summed E-state index contributed by atoms with van der Waals surface area (Å²) in [7, 11) is -3.70. The maximum Gasteiger partial charge on any atom is 0.228 e. The molecule has 1 aliphatic heterocycles. The molecule has 1 heterocycles. The van der Waals surface area contributed by atoms with E-state index in [9.17, 15) is 18.0 Å². The number of aryl methyl sites for hydroxylation is 1. The minimum Gasteiger partial charge on any atom is -0.326 e. The number of benzene rings is 2. The molecule has 0 radical (unpaired) electrons. The maximum atomic E-state index is 12.8. The van der Waals surface area contributed by atoms with Crippen LogP contribution in [0.4, 0.5) is 11.4 Å². The summed E-state index contributed by atoms with van der Waals surface area (Å²) in [6, 6.07) is 10.1. The van der Waals surface area contributed by atoms with Gasteiger partial charge in [-0.1, -0.05) is 22.9 Å². The van der Waals surface area contributed by atoms with Gasteiger partial charge in [0.15, 0.2) is 9.84 Å². The van der Waals surface area contributed by atoms with Crippen LogP contribution in [-0.4, -0.2) is 31.7 Å². The Morgan fingerprint density at radius 2 is 2.03 bits per heavy atom. The SMILES string of the molecule is Cc1cc(NC(=O)[C@@H](C)CS(=O)(=O)c2ccc3c(c2)NC(=O)CCS3)ccc1Br. The second-order valence-electron chi connectivity index (χ2n) is 6.94. The predicted molar refractivity (Wildman–Crippen MR) is 119 cm³/mol. The molecule has 6 nitrogen and oxygen atoms in total. The lowest BCUT2D eigenvalue weighted by Crippen LogP contribution is -2.27. The van der Waals surface area contributed by atoms with Crippen LogP contribution in [0, 0.1) is 12.8 Å². The minimum atomic E-state index is -3.70. The van der Waals surface area contributed by atoms with Crippen molar-refractivity contribution in [1.82, 2.24) is 0 Å². The molecule has 2 aromatic carbocycles. The standard InChI is InChI=1S/C20H21BrN2O4S2/c1-12-9-14(3-5-16(12)21)22-20(25)13(2)11-29(26,27)15-4-6-18-17(10-15)23-19(24)7-8-28-18/h3-6,9-10,13H,7-8,11H2,1-2H3,(H,22,25)(H,23,24)/t13-/m0/s1. The Labute approximate surface area is 182 Å². The zero-order valence-electron chi connectivity index (χ0n) is 16.0. The van der Waals surface area contributed by atoms with Gasteiger partial charge in [-0.25, -0.2) is 8.42 Å². The Morgan fingerprint density at radius 1 is 1.28 bits per heavy atom. The van der Waals surface area contributed by atoms with Gasteiger partial charge in [0, 0.05) is 33.1 Å². The molecule has 154 valence electrons. The van der Waals surface area contributed by atoms with E-state index in [0.717, 1.165) is 14.9 Å². The fraction of sp³-hybridized carbons (Fsp3) is 0.300. The lowest BCUT2D eigenvalue weighted by atomic mass is 10.2. The molecule has 0 unspecified atom stereocenters. The Hall–Kier alpha value is -1.84. The molecule has 0 bridgehead atoms. The Kier molecular flexibility index (Phi) is 6.70. The van der Waals surface area contributed by atoms with Gasteiger partial charge in [0.2, 0.25) is 11.8 Å². The molecular weight excluding hydrogens is 476 g/mol. The topological polar surface area (TPSA) is 92.3 Å². The van der Waals surface area contributed by atoms with Gasteiger partial charge in [-0.3, -0.25) is 9.59 Å². The summed E-state index contributed by atoms with van der Waals surface area (Å²) in [6.45, 7) is 3.49. The Balaban J connectivity index is 1.73. The molecular formula is C20H21BrN2O4S2. The average Bonchev–Trinajstić information content (AvgIpc) is 2.84. The first-order valence-electron chi connectivity index (χ1n) is 9.02. The highest BCUT2D eigenvalue weighted by molar-refractivity contribution is 9.10. The molecule has 1 aliphatic rings. The van der Waals surface area contributed by atoms with Crippen LogP contribution in [0.3, 0.4) is 0 Å². The molecule has 0 spiro atoms. The third-order valence-corrected chi connectivity index (χ3v) is 8.39. The van der Waals surface area contributed by atoms with Gasteiger partial charge in [-0.05, 0) is 48.9 Å². The normalized spacial score (nSPS) is 15.1. The molecule has 9 heteroatoms. The minimum absolute atomic E-state index is 0.0955. The highest BCUT2D eigenvalue weighted by atomic mass is 79.9. The Bertz CT molecular complexity index is 1070. The van der Waals surface area contributed by atoms with Crippen molar-refractivity contribution in [3.63, 3.8) is 0 Å².